The summed E-state index contributed by atoms with van der Waals surface area (Å²) >= 11 is 0. The van der Waals surface area contributed by atoms with Gasteiger partial charge in [0.05, 0.1) is 6.07 Å². The molecule has 0 radical (unpaired) electrons. The van der Waals surface area contributed by atoms with Crippen molar-refractivity contribution in [1.82, 2.24) is 10.2 Å². The lowest BCUT2D eigenvalue weighted by molar-refractivity contribution is 0.223. The molecule has 3 heteroatoms. The zero-order chi connectivity index (χ0) is 13.1. The largest absolute Gasteiger partial charge is 0.300 e. The highest BCUT2D eigenvalue weighted by Gasteiger charge is 2.32. The zero-order valence-corrected chi connectivity index (χ0v) is 12.0. The van der Waals surface area contributed by atoms with Crippen molar-refractivity contribution >= 4 is 0 Å². The van der Waals surface area contributed by atoms with Crippen LogP contribution >= 0.6 is 0 Å². The smallest absolute Gasteiger partial charge is 0.108 e. The van der Waals surface area contributed by atoms with E-state index in [2.05, 4.69) is 50.9 Å². The number of likely N-dealkylation sites (tertiary alicyclic amines) is 1. The molecule has 1 heterocycles. The Labute approximate surface area is 106 Å². The van der Waals surface area contributed by atoms with Gasteiger partial charge in [-0.3, -0.25) is 5.32 Å². The molecule has 0 spiro atoms. The SMILES string of the molecule is CC(C)NC(C#N)CN1CCC(C(C)(C)C)C1. The first-order chi connectivity index (χ1) is 7.82. The van der Waals surface area contributed by atoms with Crippen LogP contribution in [0, 0.1) is 22.7 Å². The summed E-state index contributed by atoms with van der Waals surface area (Å²) in [6.07, 6.45) is 1.27. The molecule has 3 nitrogen and oxygen atoms in total. The summed E-state index contributed by atoms with van der Waals surface area (Å²) < 4.78 is 0. The molecule has 0 aromatic heterocycles. The van der Waals surface area contributed by atoms with Crippen molar-refractivity contribution in [2.24, 2.45) is 11.3 Å². The molecule has 2 atom stereocenters. The second-order valence-electron chi connectivity index (χ2n) is 6.61. The molecule has 0 aliphatic carbocycles. The maximum Gasteiger partial charge on any atom is 0.108 e. The van der Waals surface area contributed by atoms with Crippen molar-refractivity contribution in [1.29, 1.82) is 5.26 Å². The van der Waals surface area contributed by atoms with Crippen molar-refractivity contribution < 1.29 is 0 Å². The standard InChI is InChI=1S/C14H27N3/c1-11(2)16-13(8-15)10-17-7-6-12(9-17)14(3,4)5/h11-13,16H,6-7,9-10H2,1-5H3. The first-order valence-electron chi connectivity index (χ1n) is 6.71. The fourth-order valence-electron chi connectivity index (χ4n) is 2.50. The molecule has 0 amide bonds. The van der Waals surface area contributed by atoms with Gasteiger partial charge in [0.15, 0.2) is 0 Å². The van der Waals surface area contributed by atoms with E-state index >= 15 is 0 Å². The van der Waals surface area contributed by atoms with E-state index in [0.29, 0.717) is 11.5 Å². The second kappa shape index (κ2) is 5.84. The average molecular weight is 237 g/mol. The van der Waals surface area contributed by atoms with Crippen molar-refractivity contribution in [2.45, 2.75) is 53.1 Å². The molecular formula is C14H27N3. The Bertz CT molecular complexity index is 272. The van der Waals surface area contributed by atoms with Crippen molar-refractivity contribution in [3.63, 3.8) is 0 Å². The van der Waals surface area contributed by atoms with Crippen LogP contribution < -0.4 is 5.32 Å². The molecule has 2 unspecified atom stereocenters. The van der Waals surface area contributed by atoms with Crippen LogP contribution in [0.5, 0.6) is 0 Å². The summed E-state index contributed by atoms with van der Waals surface area (Å²) in [5.74, 6) is 0.765. The quantitative estimate of drug-likeness (QED) is 0.815. The van der Waals surface area contributed by atoms with Gasteiger partial charge in [-0.25, -0.2) is 0 Å². The van der Waals surface area contributed by atoms with E-state index in [0.717, 1.165) is 25.6 Å². The molecule has 1 aliphatic rings. The maximum atomic E-state index is 9.12. The van der Waals surface area contributed by atoms with Gasteiger partial charge >= 0.3 is 0 Å². The molecular weight excluding hydrogens is 210 g/mol. The third kappa shape index (κ3) is 4.65. The van der Waals surface area contributed by atoms with Crippen LogP contribution in [0.15, 0.2) is 0 Å². The second-order valence-corrected chi connectivity index (χ2v) is 6.61. The van der Waals surface area contributed by atoms with E-state index < -0.39 is 0 Å². The number of rotatable bonds is 4. The van der Waals surface area contributed by atoms with Crippen molar-refractivity contribution in [2.75, 3.05) is 19.6 Å². The zero-order valence-electron chi connectivity index (χ0n) is 12.0. The number of nitriles is 1. The Kier molecular flexibility index (Phi) is 4.97. The number of hydrogen-bond donors (Lipinski definition) is 1. The number of hydrogen-bond acceptors (Lipinski definition) is 3. The average Bonchev–Trinajstić information content (AvgIpc) is 2.63. The van der Waals surface area contributed by atoms with Gasteiger partial charge < -0.3 is 4.90 Å². The summed E-state index contributed by atoms with van der Waals surface area (Å²) in [6.45, 7) is 14.3. The van der Waals surface area contributed by atoms with Gasteiger partial charge in [-0.05, 0) is 38.1 Å². The Balaban J connectivity index is 2.42. The van der Waals surface area contributed by atoms with Crippen LogP contribution in [0.4, 0.5) is 0 Å². The Morgan fingerprint density at radius 2 is 2.06 bits per heavy atom. The molecule has 0 aromatic rings. The van der Waals surface area contributed by atoms with E-state index in [-0.39, 0.29) is 6.04 Å². The molecule has 0 bridgehead atoms. The van der Waals surface area contributed by atoms with Gasteiger partial charge in [-0.2, -0.15) is 5.26 Å². The van der Waals surface area contributed by atoms with Crippen LogP contribution in [-0.4, -0.2) is 36.6 Å². The molecule has 1 rings (SSSR count). The predicted molar refractivity (Wildman–Crippen MR) is 71.7 cm³/mol. The minimum Gasteiger partial charge on any atom is -0.300 e. The topological polar surface area (TPSA) is 39.1 Å². The highest BCUT2D eigenvalue weighted by Crippen LogP contribution is 2.33. The molecule has 1 aliphatic heterocycles. The Hall–Kier alpha value is -0.590. The lowest BCUT2D eigenvalue weighted by Gasteiger charge is -2.27. The minimum atomic E-state index is -0.0336. The van der Waals surface area contributed by atoms with Crippen molar-refractivity contribution in [3.05, 3.63) is 0 Å². The first-order valence-corrected chi connectivity index (χ1v) is 6.71. The van der Waals surface area contributed by atoms with Gasteiger partial charge in [0.25, 0.3) is 0 Å². The summed E-state index contributed by atoms with van der Waals surface area (Å²) in [5, 5.41) is 12.4. The molecule has 1 fully saturated rings. The van der Waals surface area contributed by atoms with E-state index in [9.17, 15) is 0 Å². The number of nitrogens with zero attached hydrogens (tertiary/aromatic N) is 2. The fraction of sp³-hybridized carbons (Fsp3) is 0.929. The molecule has 0 aromatic carbocycles. The molecule has 17 heavy (non-hydrogen) atoms. The van der Waals surface area contributed by atoms with Gasteiger partial charge in [0.2, 0.25) is 0 Å². The first kappa shape index (κ1) is 14.5. The minimum absolute atomic E-state index is 0.0336. The molecule has 1 saturated heterocycles. The van der Waals surface area contributed by atoms with Crippen LogP contribution in [0.2, 0.25) is 0 Å². The summed E-state index contributed by atoms with van der Waals surface area (Å²) in [6, 6.07) is 2.70. The normalized spacial score (nSPS) is 23.9. The Morgan fingerprint density at radius 1 is 1.41 bits per heavy atom. The fourth-order valence-corrected chi connectivity index (χ4v) is 2.50. The highest BCUT2D eigenvalue weighted by molar-refractivity contribution is 4.95. The van der Waals surface area contributed by atoms with E-state index in [1.165, 1.54) is 6.42 Å². The van der Waals surface area contributed by atoms with Crippen LogP contribution in [0.3, 0.4) is 0 Å². The Morgan fingerprint density at radius 3 is 2.47 bits per heavy atom. The van der Waals surface area contributed by atoms with Gasteiger partial charge in [-0.1, -0.05) is 20.8 Å². The third-order valence-electron chi connectivity index (χ3n) is 3.63. The van der Waals surface area contributed by atoms with E-state index in [1.54, 1.807) is 0 Å². The molecule has 0 saturated carbocycles. The molecule has 98 valence electrons. The van der Waals surface area contributed by atoms with Crippen molar-refractivity contribution in [3.8, 4) is 6.07 Å². The lowest BCUT2D eigenvalue weighted by atomic mass is 9.80. The van der Waals surface area contributed by atoms with Gasteiger partial charge in [0.1, 0.15) is 6.04 Å². The van der Waals surface area contributed by atoms with Crippen LogP contribution in [0.1, 0.15) is 41.0 Å². The van der Waals surface area contributed by atoms with Crippen LogP contribution in [0.25, 0.3) is 0 Å². The maximum absolute atomic E-state index is 9.12. The van der Waals surface area contributed by atoms with Gasteiger partial charge in [-0.15, -0.1) is 0 Å². The molecule has 1 N–H and O–H groups in total. The van der Waals surface area contributed by atoms with Crippen LogP contribution in [-0.2, 0) is 0 Å². The lowest BCUT2D eigenvalue weighted by Crippen LogP contribution is -2.42. The summed E-state index contributed by atoms with van der Waals surface area (Å²) in [4.78, 5) is 2.43. The highest BCUT2D eigenvalue weighted by atomic mass is 15.2. The third-order valence-corrected chi connectivity index (χ3v) is 3.63. The monoisotopic (exact) mass is 237 g/mol. The number of nitrogens with one attached hydrogen (secondary N) is 1. The van der Waals surface area contributed by atoms with Gasteiger partial charge in [0, 0.05) is 19.1 Å². The summed E-state index contributed by atoms with van der Waals surface area (Å²) in [5.41, 5.74) is 0.391. The summed E-state index contributed by atoms with van der Waals surface area (Å²) in [7, 11) is 0. The van der Waals surface area contributed by atoms with E-state index in [1.807, 2.05) is 0 Å². The van der Waals surface area contributed by atoms with E-state index in [4.69, 9.17) is 5.26 Å². The predicted octanol–water partition coefficient (Wildman–Crippen LogP) is 2.24.